The third kappa shape index (κ3) is 3.38. The van der Waals surface area contributed by atoms with Gasteiger partial charge in [-0.1, -0.05) is 60.7 Å². The van der Waals surface area contributed by atoms with E-state index in [1.54, 1.807) is 0 Å². The van der Waals surface area contributed by atoms with Crippen molar-refractivity contribution in [1.82, 2.24) is 4.57 Å². The molecule has 0 aliphatic rings. The number of aromatic nitrogens is 1. The summed E-state index contributed by atoms with van der Waals surface area (Å²) in [6.45, 7) is 3.01. The number of nitrogens with one attached hydrogen (secondary N) is 1. The molecule has 0 aliphatic heterocycles. The van der Waals surface area contributed by atoms with Gasteiger partial charge in [0.15, 0.2) is 0 Å². The second kappa shape index (κ2) is 7.28. The molecule has 0 aliphatic carbocycles. The van der Waals surface area contributed by atoms with Gasteiger partial charge in [-0.2, -0.15) is 5.10 Å². The van der Waals surface area contributed by atoms with Crippen molar-refractivity contribution in [3.8, 4) is 0 Å². The van der Waals surface area contributed by atoms with Crippen molar-refractivity contribution in [1.29, 1.82) is 0 Å². The molecule has 0 saturated carbocycles. The lowest BCUT2D eigenvalue weighted by Gasteiger charge is -2.08. The standard InChI is InChI=1S/C23H21N3/c1-18-9-5-6-10-19(18)16-26-17-20(22-13-7-8-14-23(22)26)15-24-25-21-11-3-2-4-12-21/h2-15,17,25H,16H2,1H3/b24-15-. The maximum absolute atomic E-state index is 4.41. The van der Waals surface area contributed by atoms with Gasteiger partial charge in [0.25, 0.3) is 0 Å². The Morgan fingerprint density at radius 2 is 1.62 bits per heavy atom. The van der Waals surface area contributed by atoms with E-state index in [0.717, 1.165) is 17.8 Å². The zero-order valence-corrected chi connectivity index (χ0v) is 14.8. The molecule has 0 radical (unpaired) electrons. The lowest BCUT2D eigenvalue weighted by Crippen LogP contribution is -1.99. The third-order valence-electron chi connectivity index (χ3n) is 4.59. The van der Waals surface area contributed by atoms with Crippen molar-refractivity contribution < 1.29 is 0 Å². The van der Waals surface area contributed by atoms with Gasteiger partial charge in [-0.3, -0.25) is 5.43 Å². The molecular weight excluding hydrogens is 318 g/mol. The number of rotatable bonds is 5. The van der Waals surface area contributed by atoms with Crippen molar-refractivity contribution in [2.75, 3.05) is 5.43 Å². The van der Waals surface area contributed by atoms with Crippen LogP contribution in [0.15, 0.2) is 90.2 Å². The molecule has 1 aromatic heterocycles. The summed E-state index contributed by atoms with van der Waals surface area (Å²) in [5.41, 5.74) is 9.04. The van der Waals surface area contributed by atoms with Gasteiger partial charge in [-0.25, -0.2) is 0 Å². The van der Waals surface area contributed by atoms with Crippen LogP contribution >= 0.6 is 0 Å². The molecule has 0 fully saturated rings. The Balaban J connectivity index is 1.65. The zero-order chi connectivity index (χ0) is 17.8. The molecule has 0 bridgehead atoms. The van der Waals surface area contributed by atoms with Crippen LogP contribution in [-0.4, -0.2) is 10.8 Å². The topological polar surface area (TPSA) is 29.3 Å². The van der Waals surface area contributed by atoms with Crippen LogP contribution in [0, 0.1) is 6.92 Å². The molecule has 1 N–H and O–H groups in total. The Bertz CT molecular complexity index is 1050. The van der Waals surface area contributed by atoms with Crippen LogP contribution in [0.25, 0.3) is 10.9 Å². The molecule has 3 nitrogen and oxygen atoms in total. The number of fused-ring (bicyclic) bond motifs is 1. The van der Waals surface area contributed by atoms with Gasteiger partial charge in [0.2, 0.25) is 0 Å². The van der Waals surface area contributed by atoms with Gasteiger partial charge in [-0.05, 0) is 36.2 Å². The quantitative estimate of drug-likeness (QED) is 0.380. The van der Waals surface area contributed by atoms with Crippen LogP contribution in [-0.2, 0) is 6.54 Å². The Kier molecular flexibility index (Phi) is 4.52. The summed E-state index contributed by atoms with van der Waals surface area (Å²) in [6.07, 6.45) is 4.07. The van der Waals surface area contributed by atoms with Crippen LogP contribution in [0.1, 0.15) is 16.7 Å². The van der Waals surface area contributed by atoms with Gasteiger partial charge < -0.3 is 4.57 Å². The molecule has 128 valence electrons. The minimum Gasteiger partial charge on any atom is -0.342 e. The molecule has 3 heteroatoms. The lowest BCUT2D eigenvalue weighted by atomic mass is 10.1. The highest BCUT2D eigenvalue weighted by Crippen LogP contribution is 2.22. The first-order valence-electron chi connectivity index (χ1n) is 8.78. The highest BCUT2D eigenvalue weighted by molar-refractivity contribution is 5.99. The Morgan fingerprint density at radius 1 is 0.885 bits per heavy atom. The average molecular weight is 339 g/mol. The van der Waals surface area contributed by atoms with E-state index in [1.165, 1.54) is 22.0 Å². The fraction of sp³-hybridized carbons (Fsp3) is 0.0870. The number of hydrogen-bond donors (Lipinski definition) is 1. The highest BCUT2D eigenvalue weighted by atomic mass is 15.3. The number of benzene rings is 3. The molecule has 4 rings (SSSR count). The summed E-state index contributed by atoms with van der Waals surface area (Å²) < 4.78 is 2.29. The summed E-state index contributed by atoms with van der Waals surface area (Å²) in [7, 11) is 0. The average Bonchev–Trinajstić information content (AvgIpc) is 3.02. The predicted molar refractivity (Wildman–Crippen MR) is 110 cm³/mol. The molecule has 0 spiro atoms. The van der Waals surface area contributed by atoms with Crippen molar-refractivity contribution in [3.63, 3.8) is 0 Å². The van der Waals surface area contributed by atoms with Crippen molar-refractivity contribution >= 4 is 22.8 Å². The highest BCUT2D eigenvalue weighted by Gasteiger charge is 2.08. The van der Waals surface area contributed by atoms with Gasteiger partial charge in [0.05, 0.1) is 11.9 Å². The van der Waals surface area contributed by atoms with Gasteiger partial charge >= 0.3 is 0 Å². The van der Waals surface area contributed by atoms with E-state index in [2.05, 4.69) is 76.7 Å². The SMILES string of the molecule is Cc1ccccc1Cn1cc(/C=N\Nc2ccccc2)c2ccccc21. The molecule has 0 amide bonds. The van der Waals surface area contributed by atoms with E-state index in [-0.39, 0.29) is 0 Å². The van der Waals surface area contributed by atoms with Gasteiger partial charge in [0.1, 0.15) is 0 Å². The minimum absolute atomic E-state index is 0.854. The lowest BCUT2D eigenvalue weighted by molar-refractivity contribution is 0.830. The second-order valence-electron chi connectivity index (χ2n) is 6.39. The summed E-state index contributed by atoms with van der Waals surface area (Å²) in [4.78, 5) is 0. The molecule has 0 atom stereocenters. The van der Waals surface area contributed by atoms with Crippen molar-refractivity contribution in [2.24, 2.45) is 5.10 Å². The number of para-hydroxylation sites is 2. The molecule has 1 heterocycles. The normalized spacial score (nSPS) is 11.3. The Labute approximate surface area is 153 Å². The summed E-state index contributed by atoms with van der Waals surface area (Å²) in [5.74, 6) is 0. The fourth-order valence-corrected chi connectivity index (χ4v) is 3.17. The third-order valence-corrected chi connectivity index (χ3v) is 4.59. The number of anilines is 1. The molecule has 26 heavy (non-hydrogen) atoms. The Hall–Kier alpha value is -3.33. The molecule has 4 aromatic rings. The minimum atomic E-state index is 0.854. The number of hydrogen-bond acceptors (Lipinski definition) is 2. The van der Waals surface area contributed by atoms with Crippen molar-refractivity contribution in [3.05, 3.63) is 102 Å². The van der Waals surface area contributed by atoms with E-state index in [9.17, 15) is 0 Å². The predicted octanol–water partition coefficient (Wildman–Crippen LogP) is 5.44. The second-order valence-corrected chi connectivity index (χ2v) is 6.39. The van der Waals surface area contributed by atoms with E-state index >= 15 is 0 Å². The maximum atomic E-state index is 4.41. The van der Waals surface area contributed by atoms with Gasteiger partial charge in [0, 0.05) is 29.2 Å². The van der Waals surface area contributed by atoms with Crippen LogP contribution in [0.3, 0.4) is 0 Å². The maximum Gasteiger partial charge on any atom is 0.0566 e. The monoisotopic (exact) mass is 339 g/mol. The summed E-state index contributed by atoms with van der Waals surface area (Å²) in [5, 5.41) is 5.62. The van der Waals surface area contributed by atoms with Gasteiger partial charge in [-0.15, -0.1) is 0 Å². The number of aryl methyl sites for hydroxylation is 1. The Morgan fingerprint density at radius 3 is 2.46 bits per heavy atom. The summed E-state index contributed by atoms with van der Waals surface area (Å²) >= 11 is 0. The van der Waals surface area contributed by atoms with Crippen molar-refractivity contribution in [2.45, 2.75) is 13.5 Å². The first-order chi connectivity index (χ1) is 12.8. The van der Waals surface area contributed by atoms with Crippen LogP contribution < -0.4 is 5.43 Å². The fourth-order valence-electron chi connectivity index (χ4n) is 3.17. The largest absolute Gasteiger partial charge is 0.342 e. The zero-order valence-electron chi connectivity index (χ0n) is 14.8. The number of nitrogens with zero attached hydrogens (tertiary/aromatic N) is 2. The smallest absolute Gasteiger partial charge is 0.0566 e. The molecular formula is C23H21N3. The van der Waals surface area contributed by atoms with Crippen LogP contribution in [0.4, 0.5) is 5.69 Å². The first kappa shape index (κ1) is 16.2. The molecule has 0 saturated heterocycles. The van der Waals surface area contributed by atoms with E-state index < -0.39 is 0 Å². The van der Waals surface area contributed by atoms with Crippen LogP contribution in [0.2, 0.25) is 0 Å². The summed E-state index contributed by atoms with van der Waals surface area (Å²) in [6, 6.07) is 27.0. The van der Waals surface area contributed by atoms with E-state index in [1.807, 2.05) is 36.5 Å². The van der Waals surface area contributed by atoms with Crippen LogP contribution in [0.5, 0.6) is 0 Å². The first-order valence-corrected chi connectivity index (χ1v) is 8.78. The van der Waals surface area contributed by atoms with E-state index in [0.29, 0.717) is 0 Å². The molecule has 3 aromatic carbocycles. The van der Waals surface area contributed by atoms with E-state index in [4.69, 9.17) is 0 Å². The molecule has 0 unspecified atom stereocenters. The number of hydrazone groups is 1.